The molecule has 0 spiro atoms. The number of nitriles is 2. The molecule has 0 saturated carbocycles. The molecular weight excluding hydrogens is 404 g/mol. The van der Waals surface area contributed by atoms with E-state index in [0.29, 0.717) is 9.98 Å². The number of hydrazone groups is 1. The number of benzene rings is 1. The van der Waals surface area contributed by atoms with Gasteiger partial charge in [-0.15, -0.1) is 9.52 Å². The zero-order valence-corrected chi connectivity index (χ0v) is 15.5. The number of hydrogen-bond acceptors (Lipinski definition) is 8. The van der Waals surface area contributed by atoms with Gasteiger partial charge in [0, 0.05) is 6.08 Å². The van der Waals surface area contributed by atoms with Crippen molar-refractivity contribution >= 4 is 27.9 Å². The maximum absolute atomic E-state index is 13.1. The fourth-order valence-corrected chi connectivity index (χ4v) is 3.50. The third-order valence-electron chi connectivity index (χ3n) is 3.57. The average Bonchev–Trinajstić information content (AvgIpc) is 2.67. The lowest BCUT2D eigenvalue weighted by Gasteiger charge is -2.23. The highest BCUT2D eigenvalue weighted by Crippen LogP contribution is 2.27. The molecule has 1 aromatic carbocycles. The van der Waals surface area contributed by atoms with Gasteiger partial charge in [-0.05, 0) is 30.7 Å². The topological polar surface area (TPSA) is 181 Å². The molecule has 1 aromatic rings. The predicted octanol–water partition coefficient (Wildman–Crippen LogP) is 0.970. The van der Waals surface area contributed by atoms with Crippen LogP contribution in [0.2, 0.25) is 0 Å². The Morgan fingerprint density at radius 3 is 2.41 bits per heavy atom. The van der Waals surface area contributed by atoms with Crippen molar-refractivity contribution in [3.63, 3.8) is 0 Å². The molecular formula is C17H12N4O7S. The average molecular weight is 416 g/mol. The number of aliphatic carboxylic acids is 1. The number of hydrogen-bond donors (Lipinski definition) is 2. The van der Waals surface area contributed by atoms with Crippen molar-refractivity contribution in [1.29, 1.82) is 10.5 Å². The minimum Gasteiger partial charge on any atom is -0.479 e. The number of aromatic carboxylic acids is 1. The van der Waals surface area contributed by atoms with E-state index in [4.69, 9.17) is 20.4 Å². The monoisotopic (exact) mass is 416 g/mol. The number of carbonyl (C=O) groups is 2. The van der Waals surface area contributed by atoms with Crippen LogP contribution in [0, 0.1) is 29.6 Å². The molecule has 0 saturated heterocycles. The summed E-state index contributed by atoms with van der Waals surface area (Å²) in [6.45, 7) is 0.668. The van der Waals surface area contributed by atoms with Crippen molar-refractivity contribution in [2.45, 2.75) is 11.8 Å². The lowest BCUT2D eigenvalue weighted by atomic mass is 10.1. The smallest absolute Gasteiger partial charge is 0.341 e. The number of carboxylic acid groups (broad SMARTS) is 2. The number of rotatable bonds is 5. The maximum atomic E-state index is 13.1. The van der Waals surface area contributed by atoms with Gasteiger partial charge in [-0.1, -0.05) is 6.07 Å². The van der Waals surface area contributed by atoms with Crippen LogP contribution in [0.4, 0.5) is 0 Å². The number of ether oxygens (including phenoxy) is 1. The number of allylic oxidation sites excluding steroid dienone is 2. The summed E-state index contributed by atoms with van der Waals surface area (Å²) in [6.07, 6.45) is 2.15. The Labute approximate surface area is 164 Å². The van der Waals surface area contributed by atoms with Gasteiger partial charge >= 0.3 is 11.9 Å². The lowest BCUT2D eigenvalue weighted by Crippen LogP contribution is -2.30. The summed E-state index contributed by atoms with van der Waals surface area (Å²) in [6, 6.07) is 6.41. The van der Waals surface area contributed by atoms with Crippen LogP contribution in [0.15, 0.2) is 51.6 Å². The SMILES string of the molecule is Cc1ccc(S(=O)(=O)N2N=C(OCC(=O)O)C=CC2=C(C#N)C#N)cc1C(=O)O. The van der Waals surface area contributed by atoms with Crippen LogP contribution < -0.4 is 0 Å². The first-order valence-corrected chi connectivity index (χ1v) is 9.11. The second kappa shape index (κ2) is 8.24. The summed E-state index contributed by atoms with van der Waals surface area (Å²) in [5, 5.41) is 39.8. The quantitative estimate of drug-likeness (QED) is 0.661. The third-order valence-corrected chi connectivity index (χ3v) is 5.15. The summed E-state index contributed by atoms with van der Waals surface area (Å²) in [5.41, 5.74) is -0.947. The lowest BCUT2D eigenvalue weighted by molar-refractivity contribution is -0.139. The van der Waals surface area contributed by atoms with Crippen LogP contribution in [0.5, 0.6) is 0 Å². The van der Waals surface area contributed by atoms with E-state index >= 15 is 0 Å². The molecule has 1 heterocycles. The Balaban J connectivity index is 2.65. The molecule has 148 valence electrons. The molecule has 12 heteroatoms. The normalized spacial score (nSPS) is 13.1. The molecule has 0 aliphatic carbocycles. The van der Waals surface area contributed by atoms with E-state index in [1.165, 1.54) is 13.0 Å². The molecule has 0 bridgehead atoms. The van der Waals surface area contributed by atoms with E-state index < -0.39 is 50.6 Å². The Morgan fingerprint density at radius 1 is 1.21 bits per heavy atom. The Bertz CT molecular complexity index is 1150. The minimum absolute atomic E-state index is 0.267. The van der Waals surface area contributed by atoms with Crippen molar-refractivity contribution in [2.24, 2.45) is 5.10 Å². The Kier molecular flexibility index (Phi) is 6.01. The van der Waals surface area contributed by atoms with E-state index in [1.807, 2.05) is 0 Å². The van der Waals surface area contributed by atoms with E-state index in [0.717, 1.165) is 24.3 Å². The predicted molar refractivity (Wildman–Crippen MR) is 95.6 cm³/mol. The second-order valence-electron chi connectivity index (χ2n) is 5.47. The van der Waals surface area contributed by atoms with Crippen molar-refractivity contribution in [2.75, 3.05) is 6.61 Å². The molecule has 0 fully saturated rings. The van der Waals surface area contributed by atoms with Crippen molar-refractivity contribution in [1.82, 2.24) is 4.41 Å². The van der Waals surface area contributed by atoms with Gasteiger partial charge in [-0.3, -0.25) is 0 Å². The van der Waals surface area contributed by atoms with Gasteiger partial charge in [0.2, 0.25) is 5.90 Å². The fourth-order valence-electron chi connectivity index (χ4n) is 2.20. The van der Waals surface area contributed by atoms with E-state index in [-0.39, 0.29) is 5.56 Å². The molecule has 0 amide bonds. The van der Waals surface area contributed by atoms with Gasteiger partial charge in [0.1, 0.15) is 17.8 Å². The first kappa shape index (κ1) is 21.1. The minimum atomic E-state index is -4.58. The molecule has 0 aromatic heterocycles. The zero-order valence-electron chi connectivity index (χ0n) is 14.7. The van der Waals surface area contributed by atoms with Crippen LogP contribution in [-0.2, 0) is 19.6 Å². The van der Waals surface area contributed by atoms with Crippen LogP contribution in [0.25, 0.3) is 0 Å². The van der Waals surface area contributed by atoms with Crippen LogP contribution in [-0.4, -0.2) is 47.5 Å². The van der Waals surface area contributed by atoms with Crippen molar-refractivity contribution in [3.8, 4) is 12.1 Å². The highest BCUT2D eigenvalue weighted by molar-refractivity contribution is 7.89. The van der Waals surface area contributed by atoms with Gasteiger partial charge in [0.15, 0.2) is 12.2 Å². The van der Waals surface area contributed by atoms with Gasteiger partial charge in [-0.2, -0.15) is 18.9 Å². The van der Waals surface area contributed by atoms with Gasteiger partial charge in [0.05, 0.1) is 10.5 Å². The summed E-state index contributed by atoms with van der Waals surface area (Å²) < 4.78 is 31.3. The van der Waals surface area contributed by atoms with Gasteiger partial charge < -0.3 is 14.9 Å². The standard InChI is InChI=1S/C17H12N4O7S/c1-10-2-3-12(6-13(10)17(24)25)29(26,27)21-14(11(7-18)8-19)4-5-15(20-21)28-9-16(22)23/h2-6H,9H2,1H3,(H,22,23)(H,24,25). The molecule has 1 aliphatic heterocycles. The summed E-state index contributed by atoms with van der Waals surface area (Å²) in [7, 11) is -4.58. The van der Waals surface area contributed by atoms with E-state index in [9.17, 15) is 23.1 Å². The summed E-state index contributed by atoms with van der Waals surface area (Å²) in [5.74, 6) is -3.09. The first-order chi connectivity index (χ1) is 13.6. The zero-order chi connectivity index (χ0) is 21.8. The molecule has 2 N–H and O–H groups in total. The Morgan fingerprint density at radius 2 is 1.86 bits per heavy atom. The number of nitrogens with zero attached hydrogens (tertiary/aromatic N) is 4. The fraction of sp³-hybridized carbons (Fsp3) is 0.118. The van der Waals surface area contributed by atoms with Crippen molar-refractivity contribution < 1.29 is 33.0 Å². The van der Waals surface area contributed by atoms with Crippen LogP contribution in [0.1, 0.15) is 15.9 Å². The molecule has 0 atom stereocenters. The molecule has 2 rings (SSSR count). The van der Waals surface area contributed by atoms with Gasteiger partial charge in [0.25, 0.3) is 10.0 Å². The maximum Gasteiger partial charge on any atom is 0.341 e. The summed E-state index contributed by atoms with van der Waals surface area (Å²) in [4.78, 5) is 21.5. The summed E-state index contributed by atoms with van der Waals surface area (Å²) >= 11 is 0. The van der Waals surface area contributed by atoms with E-state index in [1.54, 1.807) is 12.1 Å². The second-order valence-corrected chi connectivity index (χ2v) is 7.24. The van der Waals surface area contributed by atoms with E-state index in [2.05, 4.69) is 5.10 Å². The van der Waals surface area contributed by atoms with Crippen LogP contribution in [0.3, 0.4) is 0 Å². The molecule has 1 aliphatic rings. The molecule has 11 nitrogen and oxygen atoms in total. The highest BCUT2D eigenvalue weighted by atomic mass is 32.2. The number of sulfonamides is 1. The third kappa shape index (κ3) is 4.40. The molecule has 29 heavy (non-hydrogen) atoms. The number of carboxylic acids is 2. The van der Waals surface area contributed by atoms with Crippen LogP contribution >= 0.6 is 0 Å². The van der Waals surface area contributed by atoms with Gasteiger partial charge in [-0.25, -0.2) is 9.59 Å². The highest BCUT2D eigenvalue weighted by Gasteiger charge is 2.32. The first-order valence-electron chi connectivity index (χ1n) is 7.66. The Hall–Kier alpha value is -4.16. The largest absolute Gasteiger partial charge is 0.479 e. The molecule has 0 radical (unpaired) electrons. The number of aryl methyl sites for hydroxylation is 1. The molecule has 0 unspecified atom stereocenters. The van der Waals surface area contributed by atoms with Crippen molar-refractivity contribution in [3.05, 3.63) is 52.7 Å².